The van der Waals surface area contributed by atoms with Gasteiger partial charge in [-0.1, -0.05) is 0 Å². The molecule has 1 aromatic heterocycles. The van der Waals surface area contributed by atoms with Gasteiger partial charge in [-0.25, -0.2) is 0 Å². The molecule has 68 valence electrons. The Kier molecular flexibility index (Phi) is 3.09. The Morgan fingerprint density at radius 2 is 2.62 bits per heavy atom. The first-order valence-electron chi connectivity index (χ1n) is 4.03. The predicted octanol–water partition coefficient (Wildman–Crippen LogP) is 1.53. The molecule has 13 heavy (non-hydrogen) atoms. The molecule has 4 nitrogen and oxygen atoms in total. The van der Waals surface area contributed by atoms with E-state index in [9.17, 15) is 4.79 Å². The lowest BCUT2D eigenvalue weighted by molar-refractivity contribution is -0.105. The van der Waals surface area contributed by atoms with Crippen LogP contribution in [0.25, 0.3) is 0 Å². The van der Waals surface area contributed by atoms with Crippen molar-refractivity contribution in [3.05, 3.63) is 18.3 Å². The zero-order valence-electron chi connectivity index (χ0n) is 7.40. The molecule has 0 aliphatic rings. The normalized spacial score (nSPS) is 11.7. The van der Waals surface area contributed by atoms with E-state index in [1.807, 2.05) is 23.8 Å². The zero-order valence-corrected chi connectivity index (χ0v) is 7.40. The third-order valence-corrected chi connectivity index (χ3v) is 1.85. The highest BCUT2D eigenvalue weighted by Gasteiger charge is 2.06. The number of amides is 1. The van der Waals surface area contributed by atoms with E-state index in [0.29, 0.717) is 12.8 Å². The van der Waals surface area contributed by atoms with Crippen LogP contribution in [0.4, 0.5) is 5.82 Å². The fourth-order valence-corrected chi connectivity index (χ4v) is 1.19. The number of carbonyl (C=O) groups is 1. The van der Waals surface area contributed by atoms with Crippen LogP contribution >= 0.6 is 0 Å². The van der Waals surface area contributed by atoms with Gasteiger partial charge in [-0.3, -0.25) is 4.79 Å². The topological polar surface area (TPSA) is 57.8 Å². The molecule has 0 radical (unpaired) electrons. The van der Waals surface area contributed by atoms with Crippen LogP contribution in [0.1, 0.15) is 19.4 Å². The molecule has 0 aromatic carbocycles. The van der Waals surface area contributed by atoms with Crippen molar-refractivity contribution in [2.45, 2.75) is 19.4 Å². The molecule has 1 heterocycles. The maximum atomic E-state index is 10.2. The van der Waals surface area contributed by atoms with Crippen LogP contribution in [-0.2, 0) is 4.79 Å². The molecule has 0 aliphatic carbocycles. The summed E-state index contributed by atoms with van der Waals surface area (Å²) in [5.41, 5.74) is 0. The van der Waals surface area contributed by atoms with Crippen molar-refractivity contribution < 1.29 is 4.79 Å². The maximum absolute atomic E-state index is 10.2. The van der Waals surface area contributed by atoms with Crippen LogP contribution in [0.15, 0.2) is 18.3 Å². The first-order chi connectivity index (χ1) is 6.29. The quantitative estimate of drug-likeness (QED) is 0.709. The average molecular weight is 177 g/mol. The van der Waals surface area contributed by atoms with Gasteiger partial charge in [0, 0.05) is 12.2 Å². The van der Waals surface area contributed by atoms with E-state index in [4.69, 9.17) is 5.26 Å². The van der Waals surface area contributed by atoms with Crippen molar-refractivity contribution in [2.75, 3.05) is 5.32 Å². The van der Waals surface area contributed by atoms with E-state index >= 15 is 0 Å². The molecule has 1 rings (SSSR count). The molecule has 0 aliphatic heterocycles. The van der Waals surface area contributed by atoms with Crippen molar-refractivity contribution in [2.24, 2.45) is 0 Å². The van der Waals surface area contributed by atoms with Gasteiger partial charge in [-0.15, -0.1) is 0 Å². The number of anilines is 1. The maximum Gasteiger partial charge on any atom is 0.212 e. The number of aromatic nitrogens is 1. The second-order valence-electron chi connectivity index (χ2n) is 2.77. The number of rotatable bonds is 4. The van der Waals surface area contributed by atoms with Gasteiger partial charge in [0.2, 0.25) is 6.41 Å². The van der Waals surface area contributed by atoms with E-state index in [1.54, 1.807) is 6.07 Å². The molecule has 1 atom stereocenters. The van der Waals surface area contributed by atoms with Gasteiger partial charge in [-0.2, -0.15) is 5.26 Å². The van der Waals surface area contributed by atoms with E-state index in [1.165, 1.54) is 0 Å². The van der Waals surface area contributed by atoms with Crippen LogP contribution in [0.2, 0.25) is 0 Å². The third-order valence-electron chi connectivity index (χ3n) is 1.85. The summed E-state index contributed by atoms with van der Waals surface area (Å²) in [7, 11) is 0. The van der Waals surface area contributed by atoms with Crippen LogP contribution in [0, 0.1) is 11.3 Å². The van der Waals surface area contributed by atoms with E-state index in [-0.39, 0.29) is 6.04 Å². The van der Waals surface area contributed by atoms with E-state index in [2.05, 4.69) is 11.4 Å². The molecule has 0 saturated heterocycles. The minimum absolute atomic E-state index is 0.0856. The van der Waals surface area contributed by atoms with Gasteiger partial charge in [0.25, 0.3) is 0 Å². The minimum atomic E-state index is 0.0856. The van der Waals surface area contributed by atoms with Gasteiger partial charge in [-0.05, 0) is 19.1 Å². The number of carbonyl (C=O) groups excluding carboxylic acids is 1. The fraction of sp³-hybridized carbons (Fsp3) is 0.333. The van der Waals surface area contributed by atoms with Gasteiger partial charge in [0.15, 0.2) is 0 Å². The van der Waals surface area contributed by atoms with Gasteiger partial charge >= 0.3 is 0 Å². The highest BCUT2D eigenvalue weighted by atomic mass is 16.1. The zero-order chi connectivity index (χ0) is 9.68. The molecule has 1 amide bonds. The van der Waals surface area contributed by atoms with E-state index < -0.39 is 0 Å². The molecule has 0 saturated carbocycles. The Morgan fingerprint density at radius 3 is 3.23 bits per heavy atom. The Balaban J connectivity index is 2.81. The van der Waals surface area contributed by atoms with Crippen molar-refractivity contribution in [3.8, 4) is 6.07 Å². The van der Waals surface area contributed by atoms with Crippen LogP contribution in [0.5, 0.6) is 0 Å². The van der Waals surface area contributed by atoms with Crippen molar-refractivity contribution in [1.82, 2.24) is 4.57 Å². The van der Waals surface area contributed by atoms with Gasteiger partial charge in [0.05, 0.1) is 12.5 Å². The Labute approximate surface area is 76.8 Å². The summed E-state index contributed by atoms with van der Waals surface area (Å²) in [6.45, 7) is 1.93. The number of nitrogens with one attached hydrogen (secondary N) is 1. The van der Waals surface area contributed by atoms with E-state index in [0.717, 1.165) is 5.82 Å². The summed E-state index contributed by atoms with van der Waals surface area (Å²) in [4.78, 5) is 10.2. The Morgan fingerprint density at radius 1 is 1.85 bits per heavy atom. The molecular weight excluding hydrogens is 166 g/mol. The second-order valence-corrected chi connectivity index (χ2v) is 2.77. The summed E-state index contributed by atoms with van der Waals surface area (Å²) in [6, 6.07) is 5.80. The summed E-state index contributed by atoms with van der Waals surface area (Å²) in [5, 5.41) is 11.1. The van der Waals surface area contributed by atoms with Crippen molar-refractivity contribution >= 4 is 12.2 Å². The lowest BCUT2D eigenvalue weighted by atomic mass is 10.2. The van der Waals surface area contributed by atoms with Gasteiger partial charge < -0.3 is 9.88 Å². The summed E-state index contributed by atoms with van der Waals surface area (Å²) >= 11 is 0. The van der Waals surface area contributed by atoms with Crippen LogP contribution in [-0.4, -0.2) is 11.0 Å². The van der Waals surface area contributed by atoms with Gasteiger partial charge in [0.1, 0.15) is 5.82 Å². The molecule has 0 fully saturated rings. The first-order valence-corrected chi connectivity index (χ1v) is 4.03. The molecule has 4 heteroatoms. The smallest absolute Gasteiger partial charge is 0.212 e. The molecular formula is C9H11N3O. The highest BCUT2D eigenvalue weighted by Crippen LogP contribution is 2.17. The molecule has 1 unspecified atom stereocenters. The fourth-order valence-electron chi connectivity index (χ4n) is 1.19. The minimum Gasteiger partial charge on any atom is -0.331 e. The number of nitriles is 1. The second kappa shape index (κ2) is 4.31. The van der Waals surface area contributed by atoms with Crippen molar-refractivity contribution in [1.29, 1.82) is 5.26 Å². The van der Waals surface area contributed by atoms with Crippen LogP contribution < -0.4 is 5.32 Å². The SMILES string of the molecule is CC(CC#N)n1cccc1NC=O. The Hall–Kier alpha value is -1.76. The monoisotopic (exact) mass is 177 g/mol. The third kappa shape index (κ3) is 2.09. The number of hydrogen-bond donors (Lipinski definition) is 1. The lowest BCUT2D eigenvalue weighted by Gasteiger charge is -2.13. The largest absolute Gasteiger partial charge is 0.331 e. The van der Waals surface area contributed by atoms with Crippen LogP contribution in [0.3, 0.4) is 0 Å². The molecule has 1 N–H and O–H groups in total. The molecule has 0 bridgehead atoms. The molecule has 0 spiro atoms. The number of hydrogen-bond acceptors (Lipinski definition) is 2. The lowest BCUT2D eigenvalue weighted by Crippen LogP contribution is -2.08. The predicted molar refractivity (Wildman–Crippen MR) is 49.1 cm³/mol. The number of nitrogens with zero attached hydrogens (tertiary/aromatic N) is 2. The highest BCUT2D eigenvalue weighted by molar-refractivity contribution is 5.69. The summed E-state index contributed by atoms with van der Waals surface area (Å²) < 4.78 is 1.86. The first kappa shape index (κ1) is 9.33. The Bertz CT molecular complexity index is 324. The average Bonchev–Trinajstić information content (AvgIpc) is 2.54. The molecule has 1 aromatic rings. The van der Waals surface area contributed by atoms with Crippen molar-refractivity contribution in [3.63, 3.8) is 0 Å². The summed E-state index contributed by atoms with van der Waals surface area (Å²) in [6.07, 6.45) is 2.90. The summed E-state index contributed by atoms with van der Waals surface area (Å²) in [5.74, 6) is 0.720. The standard InChI is InChI=1S/C9H11N3O/c1-8(4-5-10)12-6-2-3-9(12)11-7-13/h2-3,6-8H,4H2,1H3,(H,11,13).